The third-order valence-electron chi connectivity index (χ3n) is 4.11. The van der Waals surface area contributed by atoms with Crippen LogP contribution in [0.25, 0.3) is 11.2 Å². The molecule has 0 bridgehead atoms. The quantitative estimate of drug-likeness (QED) is 0.915. The summed E-state index contributed by atoms with van der Waals surface area (Å²) in [6, 6.07) is 1.57. The molecular formula is C15H21N5O. The van der Waals surface area contributed by atoms with Crippen molar-refractivity contribution in [1.29, 1.82) is 0 Å². The van der Waals surface area contributed by atoms with Gasteiger partial charge in [-0.15, -0.1) is 0 Å². The fraction of sp³-hybridized carbons (Fsp3) is 0.533. The molecule has 1 atom stereocenters. The van der Waals surface area contributed by atoms with Crippen molar-refractivity contribution < 1.29 is 4.79 Å². The number of aromatic nitrogens is 3. The maximum absolute atomic E-state index is 12.7. The number of anilines is 1. The van der Waals surface area contributed by atoms with Crippen molar-refractivity contribution in [3.63, 3.8) is 0 Å². The molecule has 1 saturated heterocycles. The van der Waals surface area contributed by atoms with Crippen LogP contribution in [0, 0.1) is 6.92 Å². The zero-order valence-electron chi connectivity index (χ0n) is 12.5. The number of nitrogens with two attached hydrogens (primary N) is 1. The highest BCUT2D eigenvalue weighted by molar-refractivity contribution is 5.84. The number of hydrogen-bond donors (Lipinski definition) is 1. The fourth-order valence-electron chi connectivity index (χ4n) is 2.97. The highest BCUT2D eigenvalue weighted by atomic mass is 16.2. The molecule has 0 aliphatic carbocycles. The molecule has 1 aliphatic rings. The van der Waals surface area contributed by atoms with E-state index in [2.05, 4.69) is 9.97 Å². The highest BCUT2D eigenvalue weighted by Gasteiger charge is 2.26. The van der Waals surface area contributed by atoms with Crippen molar-refractivity contribution in [3.05, 3.63) is 17.8 Å². The number of carbonyl (C=O) groups is 1. The maximum Gasteiger partial charge on any atom is 0.245 e. The molecule has 3 heterocycles. The lowest BCUT2D eigenvalue weighted by Gasteiger charge is -2.29. The molecule has 3 rings (SSSR count). The second-order valence-corrected chi connectivity index (χ2v) is 5.76. The Kier molecular flexibility index (Phi) is 3.53. The largest absolute Gasteiger partial charge is 0.369 e. The van der Waals surface area contributed by atoms with Gasteiger partial charge in [0.25, 0.3) is 0 Å². The summed E-state index contributed by atoms with van der Waals surface area (Å²) in [6.07, 6.45) is 5.14. The van der Waals surface area contributed by atoms with Crippen LogP contribution in [0.3, 0.4) is 0 Å². The zero-order valence-corrected chi connectivity index (χ0v) is 12.5. The Morgan fingerprint density at radius 2 is 2.05 bits per heavy atom. The first-order valence-corrected chi connectivity index (χ1v) is 7.47. The van der Waals surface area contributed by atoms with Gasteiger partial charge in [0.1, 0.15) is 11.6 Å². The highest BCUT2D eigenvalue weighted by Crippen LogP contribution is 2.24. The van der Waals surface area contributed by atoms with Gasteiger partial charge < -0.3 is 10.6 Å². The number of pyridine rings is 1. The van der Waals surface area contributed by atoms with E-state index < -0.39 is 0 Å². The van der Waals surface area contributed by atoms with E-state index in [-0.39, 0.29) is 11.9 Å². The summed E-state index contributed by atoms with van der Waals surface area (Å²) in [4.78, 5) is 23.3. The molecule has 2 aromatic heterocycles. The summed E-state index contributed by atoms with van der Waals surface area (Å²) >= 11 is 0. The predicted molar refractivity (Wildman–Crippen MR) is 81.8 cm³/mol. The number of rotatable bonds is 2. The van der Waals surface area contributed by atoms with Gasteiger partial charge in [-0.3, -0.25) is 9.36 Å². The van der Waals surface area contributed by atoms with E-state index in [1.54, 1.807) is 10.8 Å². The number of nitrogens with zero attached hydrogens (tertiary/aromatic N) is 4. The van der Waals surface area contributed by atoms with Gasteiger partial charge in [-0.25, -0.2) is 9.97 Å². The topological polar surface area (TPSA) is 77.0 Å². The van der Waals surface area contributed by atoms with E-state index >= 15 is 0 Å². The van der Waals surface area contributed by atoms with E-state index in [1.165, 1.54) is 6.42 Å². The number of fused-ring (bicyclic) bond motifs is 1. The number of hydrogen-bond acceptors (Lipinski definition) is 4. The molecular weight excluding hydrogens is 266 g/mol. The fourth-order valence-corrected chi connectivity index (χ4v) is 2.97. The lowest BCUT2D eigenvalue weighted by Crippen LogP contribution is -2.39. The lowest BCUT2D eigenvalue weighted by molar-refractivity contribution is -0.135. The summed E-state index contributed by atoms with van der Waals surface area (Å²) in [5, 5.41) is 0. The smallest absolute Gasteiger partial charge is 0.245 e. The standard InChI is InChI=1S/C15H21N5O/c1-10-8-12-13(17-9-10)20(15(16)18-12)11(2)14(21)19-6-4-3-5-7-19/h8-9,11H,3-7H2,1-2H3,(H2,16,18). The van der Waals surface area contributed by atoms with Crippen LogP contribution in [0.1, 0.15) is 37.8 Å². The minimum Gasteiger partial charge on any atom is -0.369 e. The number of piperidine rings is 1. The zero-order chi connectivity index (χ0) is 15.0. The Bertz CT molecular complexity index is 672. The van der Waals surface area contributed by atoms with Crippen LogP contribution in [0.4, 0.5) is 5.95 Å². The number of likely N-dealkylation sites (tertiary alicyclic amines) is 1. The van der Waals surface area contributed by atoms with Gasteiger partial charge in [-0.1, -0.05) is 0 Å². The van der Waals surface area contributed by atoms with Crippen molar-refractivity contribution >= 4 is 23.0 Å². The second kappa shape index (κ2) is 5.35. The van der Waals surface area contributed by atoms with E-state index in [1.807, 2.05) is 24.8 Å². The number of amides is 1. The minimum atomic E-state index is -0.372. The molecule has 21 heavy (non-hydrogen) atoms. The number of carbonyl (C=O) groups excluding carboxylic acids is 1. The van der Waals surface area contributed by atoms with Crippen molar-refractivity contribution in [2.75, 3.05) is 18.8 Å². The van der Waals surface area contributed by atoms with Crippen molar-refractivity contribution in [2.45, 2.75) is 39.2 Å². The van der Waals surface area contributed by atoms with Gasteiger partial charge in [0.15, 0.2) is 5.65 Å². The number of nitrogen functional groups attached to an aromatic ring is 1. The summed E-state index contributed by atoms with van der Waals surface area (Å²) in [6.45, 7) is 5.50. The number of imidazole rings is 1. The van der Waals surface area contributed by atoms with Crippen LogP contribution in [0.15, 0.2) is 12.3 Å². The Hall–Kier alpha value is -2.11. The van der Waals surface area contributed by atoms with Crippen molar-refractivity contribution in [2.24, 2.45) is 0 Å². The van der Waals surface area contributed by atoms with E-state index in [4.69, 9.17) is 5.73 Å². The number of aryl methyl sites for hydroxylation is 1. The monoisotopic (exact) mass is 287 g/mol. The summed E-state index contributed by atoms with van der Waals surface area (Å²) in [5.41, 5.74) is 8.46. The van der Waals surface area contributed by atoms with Crippen molar-refractivity contribution in [1.82, 2.24) is 19.4 Å². The molecule has 0 aromatic carbocycles. The van der Waals surface area contributed by atoms with E-state index in [0.717, 1.165) is 37.0 Å². The Morgan fingerprint density at radius 3 is 2.76 bits per heavy atom. The average molecular weight is 287 g/mol. The SMILES string of the molecule is Cc1cnc2c(c1)nc(N)n2C(C)C(=O)N1CCCCC1. The molecule has 0 spiro atoms. The Labute approximate surface area is 124 Å². The summed E-state index contributed by atoms with van der Waals surface area (Å²) in [7, 11) is 0. The third-order valence-corrected chi connectivity index (χ3v) is 4.11. The van der Waals surface area contributed by atoms with Gasteiger partial charge in [-0.2, -0.15) is 0 Å². The minimum absolute atomic E-state index is 0.100. The second-order valence-electron chi connectivity index (χ2n) is 5.76. The Morgan fingerprint density at radius 1 is 1.33 bits per heavy atom. The van der Waals surface area contributed by atoms with Gasteiger partial charge in [-0.05, 0) is 44.7 Å². The van der Waals surface area contributed by atoms with Crippen molar-refractivity contribution in [3.8, 4) is 0 Å². The third kappa shape index (κ3) is 2.46. The van der Waals surface area contributed by atoms with Crippen LogP contribution in [-0.2, 0) is 4.79 Å². The van der Waals surface area contributed by atoms with Crippen LogP contribution in [0.2, 0.25) is 0 Å². The van der Waals surface area contributed by atoms with Gasteiger partial charge >= 0.3 is 0 Å². The van der Waals surface area contributed by atoms with Crippen LogP contribution in [-0.4, -0.2) is 38.4 Å². The molecule has 6 nitrogen and oxygen atoms in total. The van der Waals surface area contributed by atoms with E-state index in [0.29, 0.717) is 11.6 Å². The Balaban J connectivity index is 1.95. The molecule has 0 saturated carbocycles. The lowest BCUT2D eigenvalue weighted by atomic mass is 10.1. The molecule has 2 N–H and O–H groups in total. The molecule has 2 aromatic rings. The molecule has 112 valence electrons. The van der Waals surface area contributed by atoms with Crippen LogP contribution < -0.4 is 5.73 Å². The molecule has 0 radical (unpaired) electrons. The molecule has 1 amide bonds. The summed E-state index contributed by atoms with van der Waals surface area (Å²) < 4.78 is 1.74. The first kappa shape index (κ1) is 13.9. The molecule has 1 unspecified atom stereocenters. The van der Waals surface area contributed by atoms with Gasteiger partial charge in [0, 0.05) is 19.3 Å². The average Bonchev–Trinajstić information content (AvgIpc) is 2.81. The van der Waals surface area contributed by atoms with Gasteiger partial charge in [0.2, 0.25) is 11.9 Å². The van der Waals surface area contributed by atoms with E-state index in [9.17, 15) is 4.79 Å². The first-order chi connectivity index (χ1) is 10.1. The summed E-state index contributed by atoms with van der Waals surface area (Å²) in [5.74, 6) is 0.448. The van der Waals surface area contributed by atoms with Crippen LogP contribution >= 0.6 is 0 Å². The van der Waals surface area contributed by atoms with Gasteiger partial charge in [0.05, 0.1) is 0 Å². The molecule has 1 fully saturated rings. The first-order valence-electron chi connectivity index (χ1n) is 7.47. The maximum atomic E-state index is 12.7. The normalized spacial score (nSPS) is 17.1. The molecule has 6 heteroatoms. The van der Waals surface area contributed by atoms with Crippen LogP contribution in [0.5, 0.6) is 0 Å². The predicted octanol–water partition coefficient (Wildman–Crippen LogP) is 1.90. The molecule has 1 aliphatic heterocycles.